The van der Waals surface area contributed by atoms with Crippen molar-refractivity contribution in [3.8, 4) is 5.75 Å². The van der Waals surface area contributed by atoms with Gasteiger partial charge in [-0.1, -0.05) is 12.1 Å². The molecule has 2 heterocycles. The van der Waals surface area contributed by atoms with Crippen LogP contribution in [0.4, 0.5) is 0 Å². The van der Waals surface area contributed by atoms with Crippen molar-refractivity contribution in [1.82, 2.24) is 10.2 Å². The number of benzene rings is 1. The zero-order valence-electron chi connectivity index (χ0n) is 15.7. The molecule has 1 amide bonds. The topological polar surface area (TPSA) is 54.7 Å². The third-order valence-corrected chi connectivity index (χ3v) is 5.07. The summed E-state index contributed by atoms with van der Waals surface area (Å²) >= 11 is 0. The number of aryl methyl sites for hydroxylation is 1. The van der Waals surface area contributed by atoms with E-state index >= 15 is 0 Å². The molecule has 2 aromatic rings. The second kappa shape index (κ2) is 8.90. The molecule has 1 atom stereocenters. The van der Waals surface area contributed by atoms with E-state index in [2.05, 4.69) is 28.4 Å². The Labute approximate surface area is 155 Å². The van der Waals surface area contributed by atoms with Crippen LogP contribution in [-0.2, 0) is 13.0 Å². The van der Waals surface area contributed by atoms with E-state index in [-0.39, 0.29) is 5.91 Å². The lowest BCUT2D eigenvalue weighted by Gasteiger charge is -2.32. The van der Waals surface area contributed by atoms with Crippen LogP contribution < -0.4 is 10.1 Å². The molecule has 0 aliphatic carbocycles. The van der Waals surface area contributed by atoms with E-state index in [1.807, 2.05) is 12.1 Å². The number of rotatable bonds is 7. The molecule has 5 nitrogen and oxygen atoms in total. The minimum absolute atomic E-state index is 0.175. The highest BCUT2D eigenvalue weighted by Gasteiger charge is 2.21. The lowest BCUT2D eigenvalue weighted by Crippen LogP contribution is -2.35. The van der Waals surface area contributed by atoms with Crippen LogP contribution in [0.15, 0.2) is 40.8 Å². The van der Waals surface area contributed by atoms with E-state index in [1.54, 1.807) is 20.2 Å². The number of nitrogens with one attached hydrogen (secondary N) is 1. The van der Waals surface area contributed by atoms with E-state index in [0.29, 0.717) is 11.7 Å². The van der Waals surface area contributed by atoms with Crippen molar-refractivity contribution in [2.75, 3.05) is 27.2 Å². The summed E-state index contributed by atoms with van der Waals surface area (Å²) in [6.45, 7) is 2.94. The van der Waals surface area contributed by atoms with Gasteiger partial charge in [0.1, 0.15) is 11.5 Å². The molecule has 5 heteroatoms. The van der Waals surface area contributed by atoms with Gasteiger partial charge in [-0.2, -0.15) is 0 Å². The molecule has 1 aromatic carbocycles. The van der Waals surface area contributed by atoms with E-state index in [1.165, 1.54) is 24.8 Å². The number of amides is 1. The summed E-state index contributed by atoms with van der Waals surface area (Å²) < 4.78 is 11.0. The van der Waals surface area contributed by atoms with Gasteiger partial charge in [0.15, 0.2) is 5.76 Å². The number of methoxy groups -OCH3 is 1. The SMILES string of the molecule is CNC(=O)c1ccc(CN2CCC[C@H](CCc3cccc(OC)c3)C2)o1. The highest BCUT2D eigenvalue weighted by atomic mass is 16.5. The number of ether oxygens (including phenoxy) is 1. The van der Waals surface area contributed by atoms with Crippen molar-refractivity contribution in [3.63, 3.8) is 0 Å². The van der Waals surface area contributed by atoms with E-state index in [9.17, 15) is 4.79 Å². The second-order valence-corrected chi connectivity index (χ2v) is 6.98. The Morgan fingerprint density at radius 1 is 1.35 bits per heavy atom. The summed E-state index contributed by atoms with van der Waals surface area (Å²) in [7, 11) is 3.32. The molecule has 0 unspecified atom stereocenters. The van der Waals surface area contributed by atoms with Crippen LogP contribution in [0, 0.1) is 5.92 Å². The lowest BCUT2D eigenvalue weighted by atomic mass is 9.91. The van der Waals surface area contributed by atoms with Gasteiger partial charge in [-0.15, -0.1) is 0 Å². The van der Waals surface area contributed by atoms with Crippen molar-refractivity contribution in [2.45, 2.75) is 32.2 Å². The molecule has 1 aliphatic heterocycles. The summed E-state index contributed by atoms with van der Waals surface area (Å²) in [6, 6.07) is 12.0. The molecule has 0 radical (unpaired) electrons. The first-order chi connectivity index (χ1) is 12.7. The number of hydrogen-bond acceptors (Lipinski definition) is 4. The fourth-order valence-electron chi connectivity index (χ4n) is 3.66. The molecule has 0 saturated carbocycles. The van der Waals surface area contributed by atoms with Crippen LogP contribution in [0.2, 0.25) is 0 Å². The Kier molecular flexibility index (Phi) is 6.34. The predicted molar refractivity (Wildman–Crippen MR) is 101 cm³/mol. The van der Waals surface area contributed by atoms with Gasteiger partial charge >= 0.3 is 0 Å². The Hall–Kier alpha value is -2.27. The number of carbonyl (C=O) groups is 1. The molecule has 0 spiro atoms. The number of piperidine rings is 1. The molecule has 0 bridgehead atoms. The van der Waals surface area contributed by atoms with E-state index in [4.69, 9.17) is 9.15 Å². The summed E-state index contributed by atoms with van der Waals surface area (Å²) in [6.07, 6.45) is 4.76. The number of likely N-dealkylation sites (tertiary alicyclic amines) is 1. The zero-order chi connectivity index (χ0) is 18.4. The Morgan fingerprint density at radius 2 is 2.23 bits per heavy atom. The van der Waals surface area contributed by atoms with Gasteiger partial charge in [0.05, 0.1) is 13.7 Å². The lowest BCUT2D eigenvalue weighted by molar-refractivity contribution is 0.0929. The number of furan rings is 1. The third-order valence-electron chi connectivity index (χ3n) is 5.07. The van der Waals surface area contributed by atoms with E-state index < -0.39 is 0 Å². The molecular weight excluding hydrogens is 328 g/mol. The predicted octanol–water partition coefficient (Wildman–Crippen LogP) is 3.49. The first-order valence-electron chi connectivity index (χ1n) is 9.34. The second-order valence-electron chi connectivity index (χ2n) is 6.98. The Bertz CT molecular complexity index is 726. The molecule has 1 N–H and O–H groups in total. The van der Waals surface area contributed by atoms with Crippen LogP contribution in [0.25, 0.3) is 0 Å². The first kappa shape index (κ1) is 18.5. The monoisotopic (exact) mass is 356 g/mol. The average molecular weight is 356 g/mol. The molecule has 1 aromatic heterocycles. The van der Waals surface area contributed by atoms with Gasteiger partial charge in [-0.3, -0.25) is 9.69 Å². The molecule has 26 heavy (non-hydrogen) atoms. The van der Waals surface area contributed by atoms with Crippen molar-refractivity contribution in [3.05, 3.63) is 53.5 Å². The Morgan fingerprint density at radius 3 is 3.04 bits per heavy atom. The van der Waals surface area contributed by atoms with Gasteiger partial charge in [0, 0.05) is 13.6 Å². The van der Waals surface area contributed by atoms with Crippen LogP contribution >= 0.6 is 0 Å². The maximum Gasteiger partial charge on any atom is 0.286 e. The summed E-state index contributed by atoms with van der Waals surface area (Å²) in [4.78, 5) is 14.0. The fraction of sp³-hybridized carbons (Fsp3) is 0.476. The van der Waals surface area contributed by atoms with Gasteiger partial charge in [-0.05, 0) is 68.0 Å². The minimum atomic E-state index is -0.175. The van der Waals surface area contributed by atoms with Gasteiger partial charge < -0.3 is 14.5 Å². The van der Waals surface area contributed by atoms with Crippen molar-refractivity contribution < 1.29 is 13.9 Å². The van der Waals surface area contributed by atoms with Crippen LogP contribution in [-0.4, -0.2) is 38.1 Å². The van der Waals surface area contributed by atoms with Gasteiger partial charge in [0.25, 0.3) is 5.91 Å². The van der Waals surface area contributed by atoms with Crippen LogP contribution in [0.5, 0.6) is 5.75 Å². The highest BCUT2D eigenvalue weighted by molar-refractivity contribution is 5.91. The van der Waals surface area contributed by atoms with Crippen molar-refractivity contribution in [2.24, 2.45) is 5.92 Å². The quantitative estimate of drug-likeness (QED) is 0.825. The van der Waals surface area contributed by atoms with Gasteiger partial charge in [-0.25, -0.2) is 0 Å². The van der Waals surface area contributed by atoms with Gasteiger partial charge in [0.2, 0.25) is 0 Å². The Balaban J connectivity index is 1.50. The third kappa shape index (κ3) is 4.88. The normalized spacial score (nSPS) is 17.8. The maximum atomic E-state index is 11.6. The summed E-state index contributed by atoms with van der Waals surface area (Å²) in [5.41, 5.74) is 1.34. The molecule has 1 fully saturated rings. The molecule has 1 saturated heterocycles. The fourth-order valence-corrected chi connectivity index (χ4v) is 3.66. The first-order valence-corrected chi connectivity index (χ1v) is 9.34. The summed E-state index contributed by atoms with van der Waals surface area (Å²) in [5.74, 6) is 2.69. The van der Waals surface area contributed by atoms with Crippen molar-refractivity contribution >= 4 is 5.91 Å². The average Bonchev–Trinajstić information content (AvgIpc) is 3.14. The number of hydrogen-bond donors (Lipinski definition) is 1. The summed E-state index contributed by atoms with van der Waals surface area (Å²) in [5, 5.41) is 2.59. The molecular formula is C21H28N2O3. The van der Waals surface area contributed by atoms with E-state index in [0.717, 1.165) is 37.6 Å². The number of carbonyl (C=O) groups excluding carboxylic acids is 1. The number of nitrogens with zero attached hydrogens (tertiary/aromatic N) is 1. The highest BCUT2D eigenvalue weighted by Crippen LogP contribution is 2.24. The smallest absolute Gasteiger partial charge is 0.286 e. The zero-order valence-corrected chi connectivity index (χ0v) is 15.7. The van der Waals surface area contributed by atoms with Crippen LogP contribution in [0.3, 0.4) is 0 Å². The van der Waals surface area contributed by atoms with Crippen molar-refractivity contribution in [1.29, 1.82) is 0 Å². The standard InChI is InChI=1S/C21H28N2O3/c1-22-21(24)20-11-10-19(26-20)15-23-12-4-6-17(14-23)9-8-16-5-3-7-18(13-16)25-2/h3,5,7,10-11,13,17H,4,6,8-9,12,14-15H2,1-2H3,(H,22,24)/t17-/m1/s1. The molecule has 140 valence electrons. The van der Waals surface area contributed by atoms with Crippen LogP contribution in [0.1, 0.15) is 41.1 Å². The molecule has 3 rings (SSSR count). The maximum absolute atomic E-state index is 11.6. The largest absolute Gasteiger partial charge is 0.497 e. The molecule has 1 aliphatic rings. The minimum Gasteiger partial charge on any atom is -0.497 e.